The minimum Gasteiger partial charge on any atom is -0.326 e. The van der Waals surface area contributed by atoms with Crippen LogP contribution in [0.1, 0.15) is 47.0 Å². The summed E-state index contributed by atoms with van der Waals surface area (Å²) >= 11 is 0. The van der Waals surface area contributed by atoms with Crippen molar-refractivity contribution in [2.45, 2.75) is 47.0 Å². The van der Waals surface area contributed by atoms with Crippen molar-refractivity contribution in [2.24, 2.45) is 11.3 Å². The number of carbonyl (C=O) groups is 1. The maximum Gasteiger partial charge on any atom is 0.317 e. The van der Waals surface area contributed by atoms with E-state index < -0.39 is 13.7 Å². The van der Waals surface area contributed by atoms with Crippen LogP contribution in [0.3, 0.4) is 0 Å². The molecule has 0 fully saturated rings. The fourth-order valence-electron chi connectivity index (χ4n) is 1.41. The van der Waals surface area contributed by atoms with Gasteiger partial charge in [0.15, 0.2) is 5.78 Å². The molecule has 0 bridgehead atoms. The fourth-order valence-corrected chi connectivity index (χ4v) is 1.67. The minimum atomic E-state index is -2.99. The van der Waals surface area contributed by atoms with Gasteiger partial charge in [0.2, 0.25) is 0 Å². The first kappa shape index (κ1) is 15.8. The Morgan fingerprint density at radius 3 is 2.44 bits per heavy atom. The molecule has 0 aliphatic heterocycles. The van der Waals surface area contributed by atoms with Crippen LogP contribution in [0.4, 0.5) is 0 Å². The topological polar surface area (TPSA) is 63.6 Å². The molecule has 96 valence electrons. The molecule has 0 saturated carbocycles. The summed E-state index contributed by atoms with van der Waals surface area (Å²) in [6.07, 6.45) is 2.87. The molecule has 0 radical (unpaired) electrons. The Labute approximate surface area is 98.3 Å². The molecule has 0 saturated heterocycles. The molecule has 4 nitrogen and oxygen atoms in total. The monoisotopic (exact) mass is 250 g/mol. The van der Waals surface area contributed by atoms with E-state index in [9.17, 15) is 9.36 Å². The molecular weight excluding hydrogens is 227 g/mol. The van der Waals surface area contributed by atoms with Gasteiger partial charge < -0.3 is 9.42 Å². The second-order valence-electron chi connectivity index (χ2n) is 5.15. The number of carbonyl (C=O) groups excluding carboxylic acids is 1. The predicted molar refractivity (Wildman–Crippen MR) is 64.6 cm³/mol. The first-order chi connectivity index (χ1) is 7.25. The fraction of sp³-hybridized carbons (Fsp3) is 0.909. The van der Waals surface area contributed by atoms with Crippen LogP contribution < -0.4 is 0 Å². The van der Waals surface area contributed by atoms with Crippen LogP contribution in [-0.2, 0) is 13.9 Å². The molecule has 16 heavy (non-hydrogen) atoms. The van der Waals surface area contributed by atoms with Crippen LogP contribution in [0, 0.1) is 11.3 Å². The van der Waals surface area contributed by atoms with Crippen molar-refractivity contribution in [1.82, 2.24) is 0 Å². The van der Waals surface area contributed by atoms with Crippen LogP contribution in [0.25, 0.3) is 0 Å². The van der Waals surface area contributed by atoms with E-state index >= 15 is 0 Å². The van der Waals surface area contributed by atoms with Crippen molar-refractivity contribution in [3.63, 3.8) is 0 Å². The highest BCUT2D eigenvalue weighted by Crippen LogP contribution is 2.27. The first-order valence-corrected chi connectivity index (χ1v) is 6.91. The average Bonchev–Trinajstić information content (AvgIpc) is 2.12. The zero-order valence-electron chi connectivity index (χ0n) is 10.6. The quantitative estimate of drug-likeness (QED) is 0.673. The molecule has 0 amide bonds. The number of Topliss-reactive ketones (excluding diaryl/α,β-unsaturated/α-hetero) is 1. The largest absolute Gasteiger partial charge is 0.326 e. The maximum atomic E-state index is 11.7. The van der Waals surface area contributed by atoms with Crippen molar-refractivity contribution in [2.75, 3.05) is 6.61 Å². The van der Waals surface area contributed by atoms with Crippen molar-refractivity contribution in [1.29, 1.82) is 0 Å². The lowest BCUT2D eigenvalue weighted by atomic mass is 9.82. The van der Waals surface area contributed by atoms with E-state index in [1.165, 1.54) is 0 Å². The molecule has 1 N–H and O–H groups in total. The summed E-state index contributed by atoms with van der Waals surface area (Å²) in [5.74, 6) is 0.528. The van der Waals surface area contributed by atoms with Gasteiger partial charge in [-0.25, -0.2) is 0 Å². The molecule has 0 aromatic rings. The van der Waals surface area contributed by atoms with Crippen molar-refractivity contribution in [3.8, 4) is 0 Å². The summed E-state index contributed by atoms with van der Waals surface area (Å²) in [6, 6.07) is 0. The Morgan fingerprint density at radius 1 is 1.44 bits per heavy atom. The van der Waals surface area contributed by atoms with E-state index in [1.54, 1.807) is 0 Å². The van der Waals surface area contributed by atoms with Gasteiger partial charge in [0.1, 0.15) is 6.61 Å². The third kappa shape index (κ3) is 7.15. The van der Waals surface area contributed by atoms with Crippen LogP contribution in [0.15, 0.2) is 0 Å². The molecular formula is C11H23O4P. The van der Waals surface area contributed by atoms with Gasteiger partial charge >= 0.3 is 8.25 Å². The normalized spacial score (nSPS) is 14.1. The summed E-state index contributed by atoms with van der Waals surface area (Å²) in [6.45, 7) is 7.75. The Kier molecular flexibility index (Phi) is 7.12. The number of rotatable bonds is 8. The SMILES string of the molecule is CC(C)CCCC(C)(C)C(=O)CO[PH](=O)O. The van der Waals surface area contributed by atoms with Gasteiger partial charge in [-0.2, -0.15) is 0 Å². The molecule has 0 heterocycles. The van der Waals surface area contributed by atoms with Crippen LogP contribution in [0.2, 0.25) is 0 Å². The van der Waals surface area contributed by atoms with Crippen LogP contribution in [0.5, 0.6) is 0 Å². The van der Waals surface area contributed by atoms with Gasteiger partial charge in [-0.15, -0.1) is 0 Å². The number of hydrogen-bond donors (Lipinski definition) is 1. The molecule has 0 aromatic heterocycles. The lowest BCUT2D eigenvalue weighted by Gasteiger charge is -2.22. The van der Waals surface area contributed by atoms with Crippen molar-refractivity contribution < 1.29 is 18.8 Å². The van der Waals surface area contributed by atoms with E-state index in [0.717, 1.165) is 19.3 Å². The van der Waals surface area contributed by atoms with Gasteiger partial charge in [-0.1, -0.05) is 40.5 Å². The molecule has 1 atom stereocenters. The summed E-state index contributed by atoms with van der Waals surface area (Å²) in [7, 11) is -2.99. The molecule has 5 heteroatoms. The van der Waals surface area contributed by atoms with Gasteiger partial charge in [0.05, 0.1) is 0 Å². The van der Waals surface area contributed by atoms with E-state index in [-0.39, 0.29) is 12.4 Å². The number of hydrogen-bond acceptors (Lipinski definition) is 3. The summed E-state index contributed by atoms with van der Waals surface area (Å²) in [5.41, 5.74) is -0.466. The van der Waals surface area contributed by atoms with Gasteiger partial charge in [0.25, 0.3) is 0 Å². The average molecular weight is 250 g/mol. The summed E-state index contributed by atoms with van der Waals surface area (Å²) in [5, 5.41) is 0. The third-order valence-electron chi connectivity index (χ3n) is 2.66. The Morgan fingerprint density at radius 2 is 2.00 bits per heavy atom. The first-order valence-electron chi connectivity index (χ1n) is 5.64. The lowest BCUT2D eigenvalue weighted by molar-refractivity contribution is -0.129. The second-order valence-corrected chi connectivity index (χ2v) is 5.97. The molecule has 1 unspecified atom stereocenters. The Bertz CT molecular complexity index is 248. The minimum absolute atomic E-state index is 0.108. The summed E-state index contributed by atoms with van der Waals surface area (Å²) in [4.78, 5) is 20.2. The smallest absolute Gasteiger partial charge is 0.317 e. The van der Waals surface area contributed by atoms with Crippen molar-refractivity contribution in [3.05, 3.63) is 0 Å². The molecule has 0 aromatic carbocycles. The maximum absolute atomic E-state index is 11.7. The molecule has 0 aliphatic carbocycles. The van der Waals surface area contributed by atoms with Crippen LogP contribution >= 0.6 is 8.25 Å². The highest BCUT2D eigenvalue weighted by atomic mass is 31.1. The van der Waals surface area contributed by atoms with E-state index in [0.29, 0.717) is 5.92 Å². The second kappa shape index (κ2) is 7.21. The third-order valence-corrected chi connectivity index (χ3v) is 3.06. The highest BCUT2D eigenvalue weighted by molar-refractivity contribution is 7.32. The Balaban J connectivity index is 4.00. The van der Waals surface area contributed by atoms with Crippen molar-refractivity contribution >= 4 is 14.0 Å². The Hall–Kier alpha value is -0.180. The molecule has 0 aliphatic rings. The van der Waals surface area contributed by atoms with E-state index in [2.05, 4.69) is 18.4 Å². The predicted octanol–water partition coefficient (Wildman–Crippen LogP) is 2.81. The van der Waals surface area contributed by atoms with Gasteiger partial charge in [-0.3, -0.25) is 9.36 Å². The van der Waals surface area contributed by atoms with E-state index in [4.69, 9.17) is 4.89 Å². The lowest BCUT2D eigenvalue weighted by Crippen LogP contribution is -2.27. The molecule has 0 rings (SSSR count). The molecule has 0 spiro atoms. The zero-order valence-corrected chi connectivity index (χ0v) is 11.6. The number of ketones is 1. The standard InChI is InChI=1S/C11H23O4P/c1-9(2)6-5-7-11(3,4)10(12)8-15-16(13)14/h9,16H,5-8H2,1-4H3,(H,13,14). The van der Waals surface area contributed by atoms with Crippen LogP contribution in [-0.4, -0.2) is 17.3 Å². The van der Waals surface area contributed by atoms with E-state index in [1.807, 2.05) is 13.8 Å². The zero-order chi connectivity index (χ0) is 12.8. The summed E-state index contributed by atoms with van der Waals surface area (Å²) < 4.78 is 14.8. The van der Waals surface area contributed by atoms with Gasteiger partial charge in [0, 0.05) is 5.41 Å². The van der Waals surface area contributed by atoms with Gasteiger partial charge in [-0.05, 0) is 12.3 Å². The highest BCUT2D eigenvalue weighted by Gasteiger charge is 2.27.